The van der Waals surface area contributed by atoms with Gasteiger partial charge in [0.05, 0.1) is 11.9 Å². The van der Waals surface area contributed by atoms with Crippen molar-refractivity contribution in [3.63, 3.8) is 0 Å². The number of carboxylic acid groups (broad SMARTS) is 1. The largest absolute Gasteiger partial charge is 0.505 e. The zero-order chi connectivity index (χ0) is 11.7. The standard InChI is InChI=1S/C10H7FN2O3/c11-7-3-5(1-2-8(7)14)9-6(10(15)16)4-12-13-9/h1-4,14H,(H,12,13)(H,15,16). The van der Waals surface area contributed by atoms with Crippen LogP contribution in [0.3, 0.4) is 0 Å². The number of hydrogen-bond donors (Lipinski definition) is 3. The highest BCUT2D eigenvalue weighted by atomic mass is 19.1. The van der Waals surface area contributed by atoms with Gasteiger partial charge in [-0.05, 0) is 18.2 Å². The van der Waals surface area contributed by atoms with Gasteiger partial charge in [-0.1, -0.05) is 0 Å². The van der Waals surface area contributed by atoms with E-state index in [0.29, 0.717) is 5.56 Å². The van der Waals surface area contributed by atoms with Crippen LogP contribution in [0, 0.1) is 5.82 Å². The first-order valence-corrected chi connectivity index (χ1v) is 4.35. The van der Waals surface area contributed by atoms with Crippen molar-refractivity contribution in [1.82, 2.24) is 10.2 Å². The topological polar surface area (TPSA) is 86.2 Å². The number of aromatic nitrogens is 2. The minimum Gasteiger partial charge on any atom is -0.505 e. The smallest absolute Gasteiger partial charge is 0.339 e. The third-order valence-electron chi connectivity index (χ3n) is 2.11. The maximum Gasteiger partial charge on any atom is 0.339 e. The predicted octanol–water partition coefficient (Wildman–Crippen LogP) is 1.62. The molecule has 0 unspecified atom stereocenters. The number of carbonyl (C=O) groups is 1. The molecule has 0 amide bonds. The summed E-state index contributed by atoms with van der Waals surface area (Å²) in [6.07, 6.45) is 1.14. The van der Waals surface area contributed by atoms with Gasteiger partial charge in [0.25, 0.3) is 0 Å². The maximum atomic E-state index is 13.1. The van der Waals surface area contributed by atoms with Crippen LogP contribution in [-0.4, -0.2) is 26.4 Å². The molecule has 16 heavy (non-hydrogen) atoms. The lowest BCUT2D eigenvalue weighted by Crippen LogP contribution is -1.96. The van der Waals surface area contributed by atoms with Crippen LogP contribution in [0.1, 0.15) is 10.4 Å². The second-order valence-corrected chi connectivity index (χ2v) is 3.13. The van der Waals surface area contributed by atoms with E-state index >= 15 is 0 Å². The van der Waals surface area contributed by atoms with Gasteiger partial charge in [-0.3, -0.25) is 5.10 Å². The number of carboxylic acids is 1. The normalized spacial score (nSPS) is 10.3. The van der Waals surface area contributed by atoms with E-state index in [1.165, 1.54) is 6.07 Å². The summed E-state index contributed by atoms with van der Waals surface area (Å²) in [6, 6.07) is 3.59. The molecule has 1 aromatic carbocycles. The molecule has 2 aromatic rings. The number of halogens is 1. The van der Waals surface area contributed by atoms with Crippen LogP contribution in [0.4, 0.5) is 4.39 Å². The van der Waals surface area contributed by atoms with E-state index in [1.807, 2.05) is 0 Å². The Morgan fingerprint density at radius 1 is 1.44 bits per heavy atom. The molecule has 0 aliphatic rings. The first kappa shape index (κ1) is 10.2. The fourth-order valence-corrected chi connectivity index (χ4v) is 1.33. The molecule has 0 atom stereocenters. The molecule has 0 aliphatic heterocycles. The first-order valence-electron chi connectivity index (χ1n) is 4.35. The zero-order valence-electron chi connectivity index (χ0n) is 7.94. The summed E-state index contributed by atoms with van der Waals surface area (Å²) in [4.78, 5) is 10.8. The SMILES string of the molecule is O=C(O)c1cn[nH]c1-c1ccc(O)c(F)c1. The molecule has 2 rings (SSSR count). The molecule has 0 spiro atoms. The van der Waals surface area contributed by atoms with Gasteiger partial charge in [-0.15, -0.1) is 0 Å². The molecule has 3 N–H and O–H groups in total. The number of benzene rings is 1. The van der Waals surface area contributed by atoms with Gasteiger partial charge in [-0.2, -0.15) is 5.10 Å². The average Bonchev–Trinajstić information content (AvgIpc) is 2.71. The summed E-state index contributed by atoms with van der Waals surface area (Å²) in [5, 5.41) is 23.9. The van der Waals surface area contributed by atoms with E-state index in [-0.39, 0.29) is 11.3 Å². The third kappa shape index (κ3) is 1.60. The number of phenolic OH excluding ortho intramolecular Hbond substituents is 1. The van der Waals surface area contributed by atoms with Crippen molar-refractivity contribution in [2.45, 2.75) is 0 Å². The summed E-state index contributed by atoms with van der Waals surface area (Å²) in [5.41, 5.74) is 0.460. The number of phenols is 1. The Morgan fingerprint density at radius 3 is 2.81 bits per heavy atom. The lowest BCUT2D eigenvalue weighted by Gasteiger charge is -2.01. The van der Waals surface area contributed by atoms with Gasteiger partial charge in [0, 0.05) is 5.56 Å². The van der Waals surface area contributed by atoms with E-state index in [1.54, 1.807) is 0 Å². The van der Waals surface area contributed by atoms with Crippen molar-refractivity contribution in [2.75, 3.05) is 0 Å². The Balaban J connectivity index is 2.54. The predicted molar refractivity (Wildman–Crippen MR) is 52.6 cm³/mol. The minimum atomic E-state index is -1.16. The van der Waals surface area contributed by atoms with E-state index in [4.69, 9.17) is 10.2 Å². The van der Waals surface area contributed by atoms with Crippen LogP contribution in [0.5, 0.6) is 5.75 Å². The lowest BCUT2D eigenvalue weighted by atomic mass is 10.1. The quantitative estimate of drug-likeness (QED) is 0.720. The van der Waals surface area contributed by atoms with Crippen LogP contribution in [0.2, 0.25) is 0 Å². The van der Waals surface area contributed by atoms with Gasteiger partial charge in [0.2, 0.25) is 0 Å². The van der Waals surface area contributed by atoms with Crippen molar-refractivity contribution in [3.8, 4) is 17.0 Å². The summed E-state index contributed by atoms with van der Waals surface area (Å²) >= 11 is 0. The molecule has 82 valence electrons. The number of aromatic carboxylic acids is 1. The van der Waals surface area contributed by atoms with Crippen LogP contribution >= 0.6 is 0 Å². The number of rotatable bonds is 2. The fraction of sp³-hybridized carbons (Fsp3) is 0. The summed E-state index contributed by atoms with van der Waals surface area (Å²) < 4.78 is 13.1. The molecule has 5 nitrogen and oxygen atoms in total. The summed E-state index contributed by atoms with van der Waals surface area (Å²) in [6.45, 7) is 0. The average molecular weight is 222 g/mol. The maximum absolute atomic E-state index is 13.1. The van der Waals surface area contributed by atoms with Gasteiger partial charge >= 0.3 is 5.97 Å². The number of nitrogens with zero attached hydrogens (tertiary/aromatic N) is 1. The van der Waals surface area contributed by atoms with Gasteiger partial charge in [0.1, 0.15) is 5.56 Å². The molecular weight excluding hydrogens is 215 g/mol. The van der Waals surface area contributed by atoms with Crippen LogP contribution < -0.4 is 0 Å². The van der Waals surface area contributed by atoms with E-state index in [2.05, 4.69) is 10.2 Å². The van der Waals surface area contributed by atoms with Crippen molar-refractivity contribution in [2.24, 2.45) is 0 Å². The number of aromatic amines is 1. The molecular formula is C10H7FN2O3. The molecule has 0 aliphatic carbocycles. The number of hydrogen-bond acceptors (Lipinski definition) is 3. The molecule has 0 saturated heterocycles. The number of H-pyrrole nitrogens is 1. The second-order valence-electron chi connectivity index (χ2n) is 3.13. The highest BCUT2D eigenvalue weighted by molar-refractivity contribution is 5.94. The van der Waals surface area contributed by atoms with Gasteiger partial charge < -0.3 is 10.2 Å². The summed E-state index contributed by atoms with van der Waals surface area (Å²) in [5.74, 6) is -2.46. The second kappa shape index (κ2) is 3.65. The summed E-state index contributed by atoms with van der Waals surface area (Å²) in [7, 11) is 0. The molecule has 1 aromatic heterocycles. The Hall–Kier alpha value is -2.37. The zero-order valence-corrected chi connectivity index (χ0v) is 7.94. The lowest BCUT2D eigenvalue weighted by molar-refractivity contribution is 0.0698. The number of aromatic hydroxyl groups is 1. The molecule has 6 heteroatoms. The molecule has 1 heterocycles. The van der Waals surface area contributed by atoms with E-state index in [0.717, 1.165) is 18.3 Å². The first-order chi connectivity index (χ1) is 7.59. The Labute approximate surface area is 89.2 Å². The van der Waals surface area contributed by atoms with Crippen molar-refractivity contribution in [1.29, 1.82) is 0 Å². The molecule has 0 bridgehead atoms. The van der Waals surface area contributed by atoms with Crippen LogP contribution in [0.25, 0.3) is 11.3 Å². The fourth-order valence-electron chi connectivity index (χ4n) is 1.33. The van der Waals surface area contributed by atoms with Crippen LogP contribution in [0.15, 0.2) is 24.4 Å². The minimum absolute atomic E-state index is 0.0508. The van der Waals surface area contributed by atoms with Crippen molar-refractivity contribution < 1.29 is 19.4 Å². The molecule has 0 saturated carbocycles. The van der Waals surface area contributed by atoms with Gasteiger partial charge in [-0.25, -0.2) is 9.18 Å². The highest BCUT2D eigenvalue weighted by Gasteiger charge is 2.15. The Morgan fingerprint density at radius 2 is 2.19 bits per heavy atom. The Bertz CT molecular complexity index is 551. The van der Waals surface area contributed by atoms with Crippen molar-refractivity contribution >= 4 is 5.97 Å². The molecule has 0 fully saturated rings. The highest BCUT2D eigenvalue weighted by Crippen LogP contribution is 2.25. The van der Waals surface area contributed by atoms with Crippen LogP contribution in [-0.2, 0) is 0 Å². The Kier molecular flexibility index (Phi) is 2.32. The number of nitrogens with one attached hydrogen (secondary N) is 1. The van der Waals surface area contributed by atoms with E-state index in [9.17, 15) is 9.18 Å². The van der Waals surface area contributed by atoms with Crippen molar-refractivity contribution in [3.05, 3.63) is 35.8 Å². The van der Waals surface area contributed by atoms with E-state index < -0.39 is 17.5 Å². The monoisotopic (exact) mass is 222 g/mol. The molecule has 0 radical (unpaired) electrons. The van der Waals surface area contributed by atoms with Gasteiger partial charge in [0.15, 0.2) is 11.6 Å². The third-order valence-corrected chi connectivity index (χ3v) is 2.11.